The highest BCUT2D eigenvalue weighted by molar-refractivity contribution is 5.92. The van der Waals surface area contributed by atoms with Gasteiger partial charge < -0.3 is 10.2 Å². The maximum absolute atomic E-state index is 12.8. The van der Waals surface area contributed by atoms with Crippen molar-refractivity contribution in [3.63, 3.8) is 0 Å². The SMILES string of the molecule is Cc1ccccc1CNc1ccc(C(=O)N2CCc3ccccc3C2)nc1. The van der Waals surface area contributed by atoms with E-state index in [1.165, 1.54) is 22.3 Å². The number of hydrogen-bond donors (Lipinski definition) is 1. The summed E-state index contributed by atoms with van der Waals surface area (Å²) < 4.78 is 0. The molecule has 0 fully saturated rings. The molecule has 1 aliphatic heterocycles. The second-order valence-electron chi connectivity index (χ2n) is 6.96. The molecule has 2 heterocycles. The maximum Gasteiger partial charge on any atom is 0.272 e. The molecule has 1 N–H and O–H groups in total. The zero-order valence-corrected chi connectivity index (χ0v) is 15.5. The number of aryl methyl sites for hydroxylation is 1. The van der Waals surface area contributed by atoms with Crippen LogP contribution in [0.5, 0.6) is 0 Å². The minimum Gasteiger partial charge on any atom is -0.380 e. The number of pyridine rings is 1. The average molecular weight is 357 g/mol. The van der Waals surface area contributed by atoms with E-state index in [9.17, 15) is 4.79 Å². The molecule has 0 bridgehead atoms. The van der Waals surface area contributed by atoms with Gasteiger partial charge in [0.15, 0.2) is 0 Å². The van der Waals surface area contributed by atoms with Crippen molar-refractivity contribution in [1.82, 2.24) is 9.88 Å². The summed E-state index contributed by atoms with van der Waals surface area (Å²) in [5.74, 6) is -0.00467. The molecular formula is C23H23N3O. The van der Waals surface area contributed by atoms with E-state index in [1.807, 2.05) is 35.2 Å². The highest BCUT2D eigenvalue weighted by Crippen LogP contribution is 2.20. The molecular weight excluding hydrogens is 334 g/mol. The molecule has 2 aromatic carbocycles. The molecule has 1 amide bonds. The van der Waals surface area contributed by atoms with Gasteiger partial charge in [-0.2, -0.15) is 0 Å². The summed E-state index contributed by atoms with van der Waals surface area (Å²) in [4.78, 5) is 19.1. The van der Waals surface area contributed by atoms with Crippen LogP contribution in [0.1, 0.15) is 32.7 Å². The summed E-state index contributed by atoms with van der Waals surface area (Å²) in [5.41, 5.74) is 6.49. The molecule has 0 saturated heterocycles. The lowest BCUT2D eigenvalue weighted by molar-refractivity contribution is 0.0729. The van der Waals surface area contributed by atoms with Gasteiger partial charge in [-0.1, -0.05) is 48.5 Å². The Labute approximate surface area is 159 Å². The van der Waals surface area contributed by atoms with Gasteiger partial charge in [-0.05, 0) is 47.7 Å². The number of nitrogens with one attached hydrogen (secondary N) is 1. The number of nitrogens with zero attached hydrogens (tertiary/aromatic N) is 2. The molecule has 4 rings (SSSR count). The molecule has 1 aromatic heterocycles. The number of benzene rings is 2. The highest BCUT2D eigenvalue weighted by atomic mass is 16.2. The fourth-order valence-electron chi connectivity index (χ4n) is 3.46. The van der Waals surface area contributed by atoms with Crippen LogP contribution in [0.25, 0.3) is 0 Å². The molecule has 0 spiro atoms. The van der Waals surface area contributed by atoms with E-state index in [4.69, 9.17) is 0 Å². The van der Waals surface area contributed by atoms with Crippen LogP contribution in [0.2, 0.25) is 0 Å². The molecule has 1 aliphatic rings. The Morgan fingerprint density at radius 1 is 1.04 bits per heavy atom. The van der Waals surface area contributed by atoms with Crippen molar-refractivity contribution in [1.29, 1.82) is 0 Å². The zero-order chi connectivity index (χ0) is 18.6. The standard InChI is InChI=1S/C23H23N3O/c1-17-6-2-3-8-19(17)14-24-21-10-11-22(25-15-21)23(27)26-13-12-18-7-4-5-9-20(18)16-26/h2-11,15,24H,12-14,16H2,1H3. The number of rotatable bonds is 4. The van der Waals surface area contributed by atoms with Crippen LogP contribution in [0.3, 0.4) is 0 Å². The molecule has 4 nitrogen and oxygen atoms in total. The predicted octanol–water partition coefficient (Wildman–Crippen LogP) is 4.20. The fourth-order valence-corrected chi connectivity index (χ4v) is 3.46. The van der Waals surface area contributed by atoms with Crippen LogP contribution >= 0.6 is 0 Å². The lowest BCUT2D eigenvalue weighted by Crippen LogP contribution is -2.36. The van der Waals surface area contributed by atoms with Crippen molar-refractivity contribution >= 4 is 11.6 Å². The second-order valence-corrected chi connectivity index (χ2v) is 6.96. The molecule has 0 saturated carbocycles. The average Bonchev–Trinajstić information content (AvgIpc) is 2.73. The van der Waals surface area contributed by atoms with Crippen molar-refractivity contribution in [2.75, 3.05) is 11.9 Å². The number of aromatic nitrogens is 1. The minimum absolute atomic E-state index is 0.00467. The van der Waals surface area contributed by atoms with Gasteiger partial charge in [0, 0.05) is 19.6 Å². The first-order valence-electron chi connectivity index (χ1n) is 9.31. The molecule has 0 atom stereocenters. The smallest absolute Gasteiger partial charge is 0.272 e. The van der Waals surface area contributed by atoms with E-state index < -0.39 is 0 Å². The van der Waals surface area contributed by atoms with Gasteiger partial charge >= 0.3 is 0 Å². The van der Waals surface area contributed by atoms with Crippen molar-refractivity contribution in [3.8, 4) is 0 Å². The number of fused-ring (bicyclic) bond motifs is 1. The van der Waals surface area contributed by atoms with Crippen LogP contribution in [-0.4, -0.2) is 22.3 Å². The van der Waals surface area contributed by atoms with Crippen molar-refractivity contribution in [2.45, 2.75) is 26.4 Å². The van der Waals surface area contributed by atoms with Crippen LogP contribution in [0.4, 0.5) is 5.69 Å². The van der Waals surface area contributed by atoms with Crippen LogP contribution < -0.4 is 5.32 Å². The monoisotopic (exact) mass is 357 g/mol. The third-order valence-electron chi connectivity index (χ3n) is 5.14. The third-order valence-corrected chi connectivity index (χ3v) is 5.14. The van der Waals surface area contributed by atoms with Gasteiger partial charge in [-0.25, -0.2) is 4.98 Å². The van der Waals surface area contributed by atoms with E-state index in [1.54, 1.807) is 6.20 Å². The quantitative estimate of drug-likeness (QED) is 0.761. The Hall–Kier alpha value is -3.14. The topological polar surface area (TPSA) is 45.2 Å². The summed E-state index contributed by atoms with van der Waals surface area (Å²) in [6.45, 7) is 4.24. The normalized spacial score (nSPS) is 13.1. The fraction of sp³-hybridized carbons (Fsp3) is 0.217. The molecule has 27 heavy (non-hydrogen) atoms. The summed E-state index contributed by atoms with van der Waals surface area (Å²) in [6, 6.07) is 20.4. The van der Waals surface area contributed by atoms with Gasteiger partial charge in [0.1, 0.15) is 5.69 Å². The lowest BCUT2D eigenvalue weighted by atomic mass is 10.00. The number of carbonyl (C=O) groups is 1. The molecule has 3 aromatic rings. The summed E-state index contributed by atoms with van der Waals surface area (Å²) in [7, 11) is 0. The van der Waals surface area contributed by atoms with E-state index in [0.717, 1.165) is 25.2 Å². The summed E-state index contributed by atoms with van der Waals surface area (Å²) in [6.07, 6.45) is 2.64. The van der Waals surface area contributed by atoms with Gasteiger partial charge in [0.2, 0.25) is 0 Å². The first-order valence-corrected chi connectivity index (χ1v) is 9.31. The molecule has 136 valence electrons. The van der Waals surface area contributed by atoms with Gasteiger partial charge in [-0.3, -0.25) is 4.79 Å². The third kappa shape index (κ3) is 3.85. The first-order chi connectivity index (χ1) is 13.2. The Morgan fingerprint density at radius 3 is 2.59 bits per heavy atom. The lowest BCUT2D eigenvalue weighted by Gasteiger charge is -2.28. The van der Waals surface area contributed by atoms with E-state index in [0.29, 0.717) is 12.2 Å². The van der Waals surface area contributed by atoms with Crippen LogP contribution in [0.15, 0.2) is 66.9 Å². The Bertz CT molecular complexity index is 950. The van der Waals surface area contributed by atoms with Crippen molar-refractivity contribution in [2.24, 2.45) is 0 Å². The van der Waals surface area contributed by atoms with Crippen molar-refractivity contribution in [3.05, 3.63) is 94.8 Å². The zero-order valence-electron chi connectivity index (χ0n) is 15.5. The number of hydrogen-bond acceptors (Lipinski definition) is 3. The Morgan fingerprint density at radius 2 is 1.81 bits per heavy atom. The second kappa shape index (κ2) is 7.62. The number of anilines is 1. The summed E-state index contributed by atoms with van der Waals surface area (Å²) >= 11 is 0. The van der Waals surface area contributed by atoms with E-state index in [-0.39, 0.29) is 5.91 Å². The van der Waals surface area contributed by atoms with Crippen LogP contribution in [-0.2, 0) is 19.5 Å². The number of amides is 1. The minimum atomic E-state index is -0.00467. The Kier molecular flexibility index (Phi) is 4.88. The molecule has 0 unspecified atom stereocenters. The summed E-state index contributed by atoms with van der Waals surface area (Å²) in [5, 5.41) is 3.37. The van der Waals surface area contributed by atoms with E-state index >= 15 is 0 Å². The molecule has 4 heteroatoms. The van der Waals surface area contributed by atoms with Gasteiger partial charge in [0.25, 0.3) is 5.91 Å². The van der Waals surface area contributed by atoms with Gasteiger partial charge in [0.05, 0.1) is 11.9 Å². The Balaban J connectivity index is 1.40. The van der Waals surface area contributed by atoms with Crippen molar-refractivity contribution < 1.29 is 4.79 Å². The highest BCUT2D eigenvalue weighted by Gasteiger charge is 2.22. The number of carbonyl (C=O) groups excluding carboxylic acids is 1. The van der Waals surface area contributed by atoms with E-state index in [2.05, 4.69) is 47.6 Å². The van der Waals surface area contributed by atoms with Crippen LogP contribution in [0, 0.1) is 6.92 Å². The van der Waals surface area contributed by atoms with Gasteiger partial charge in [-0.15, -0.1) is 0 Å². The predicted molar refractivity (Wildman–Crippen MR) is 108 cm³/mol. The maximum atomic E-state index is 12.8. The molecule has 0 aliphatic carbocycles. The first kappa shape index (κ1) is 17.3. The largest absolute Gasteiger partial charge is 0.380 e. The molecule has 0 radical (unpaired) electrons.